The lowest BCUT2D eigenvalue weighted by molar-refractivity contribution is -0.118. The normalized spacial score (nSPS) is 14.7. The van der Waals surface area contributed by atoms with E-state index < -0.39 is 27.6 Å². The number of nitrogens with one attached hydrogen (secondary N) is 1. The number of hydrogen-bond donors (Lipinski definition) is 1. The molecule has 2 heterocycles. The molecule has 12 heteroatoms. The minimum Gasteiger partial charge on any atom is -0.484 e. The molecule has 1 aromatic heterocycles. The van der Waals surface area contributed by atoms with Gasteiger partial charge in [-0.15, -0.1) is 11.3 Å². The second kappa shape index (κ2) is 9.91. The van der Waals surface area contributed by atoms with E-state index in [2.05, 4.69) is 10.3 Å². The van der Waals surface area contributed by atoms with Crippen LogP contribution in [0.1, 0.15) is 0 Å². The molecule has 0 bridgehead atoms. The van der Waals surface area contributed by atoms with Crippen molar-refractivity contribution in [2.75, 3.05) is 38.2 Å². The third kappa shape index (κ3) is 5.53. The first-order valence-electron chi connectivity index (χ1n) is 9.84. The maximum atomic E-state index is 13.4. The molecule has 1 N–H and O–H groups in total. The highest BCUT2D eigenvalue weighted by molar-refractivity contribution is 7.89. The third-order valence-electron chi connectivity index (χ3n) is 4.77. The number of halogens is 2. The average molecular weight is 496 g/mol. The Balaban J connectivity index is 1.32. The molecular weight excluding hydrogens is 476 g/mol. The Bertz CT molecular complexity index is 1240. The van der Waals surface area contributed by atoms with Gasteiger partial charge in [0.05, 0.1) is 23.8 Å². The SMILES string of the molecule is O=C(COc1ccc(S(=O)(=O)N2CCOCC2)cc1)Nc1nc(-c2ccc(F)c(F)c2)cs1. The minimum atomic E-state index is -3.61. The number of anilines is 1. The van der Waals surface area contributed by atoms with Crippen molar-refractivity contribution in [2.24, 2.45) is 0 Å². The first-order chi connectivity index (χ1) is 15.8. The Morgan fingerprint density at radius 2 is 1.85 bits per heavy atom. The molecule has 1 amide bonds. The molecule has 8 nitrogen and oxygen atoms in total. The van der Waals surface area contributed by atoms with Crippen LogP contribution in [-0.2, 0) is 19.6 Å². The van der Waals surface area contributed by atoms with Crippen molar-refractivity contribution >= 4 is 32.4 Å². The summed E-state index contributed by atoms with van der Waals surface area (Å²) in [6, 6.07) is 9.23. The summed E-state index contributed by atoms with van der Waals surface area (Å²) in [5, 5.41) is 4.45. The molecule has 0 atom stereocenters. The topological polar surface area (TPSA) is 97.8 Å². The zero-order chi connectivity index (χ0) is 23.4. The fourth-order valence-electron chi connectivity index (χ4n) is 3.07. The molecule has 0 saturated carbocycles. The van der Waals surface area contributed by atoms with Crippen LogP contribution in [0.4, 0.5) is 13.9 Å². The van der Waals surface area contributed by atoms with Crippen molar-refractivity contribution in [1.82, 2.24) is 9.29 Å². The van der Waals surface area contributed by atoms with Crippen LogP contribution in [0.5, 0.6) is 5.75 Å². The van der Waals surface area contributed by atoms with Gasteiger partial charge in [-0.3, -0.25) is 10.1 Å². The third-order valence-corrected chi connectivity index (χ3v) is 7.44. The molecule has 3 aromatic rings. The van der Waals surface area contributed by atoms with Gasteiger partial charge in [-0.05, 0) is 42.5 Å². The highest BCUT2D eigenvalue weighted by Crippen LogP contribution is 2.26. The van der Waals surface area contributed by atoms with Gasteiger partial charge in [0.15, 0.2) is 23.4 Å². The molecule has 2 aromatic carbocycles. The molecule has 4 rings (SSSR count). The predicted molar refractivity (Wildman–Crippen MR) is 118 cm³/mol. The minimum absolute atomic E-state index is 0.133. The van der Waals surface area contributed by atoms with E-state index in [4.69, 9.17) is 9.47 Å². The van der Waals surface area contributed by atoms with Crippen LogP contribution in [0.3, 0.4) is 0 Å². The largest absolute Gasteiger partial charge is 0.484 e. The van der Waals surface area contributed by atoms with Crippen LogP contribution in [0.2, 0.25) is 0 Å². The van der Waals surface area contributed by atoms with Crippen LogP contribution in [-0.4, -0.2) is 56.5 Å². The summed E-state index contributed by atoms with van der Waals surface area (Å²) in [5.41, 5.74) is 0.779. The van der Waals surface area contributed by atoms with Crippen molar-refractivity contribution in [3.8, 4) is 17.0 Å². The van der Waals surface area contributed by atoms with Crippen molar-refractivity contribution in [3.05, 3.63) is 59.5 Å². The van der Waals surface area contributed by atoms with E-state index in [9.17, 15) is 22.0 Å². The predicted octanol–water partition coefficient (Wildman–Crippen LogP) is 3.13. The highest BCUT2D eigenvalue weighted by atomic mass is 32.2. The number of sulfonamides is 1. The van der Waals surface area contributed by atoms with E-state index in [0.717, 1.165) is 23.5 Å². The monoisotopic (exact) mass is 495 g/mol. The summed E-state index contributed by atoms with van der Waals surface area (Å²) in [5.74, 6) is -2.09. The number of nitrogens with zero attached hydrogens (tertiary/aromatic N) is 2. The van der Waals surface area contributed by atoms with Gasteiger partial charge in [0.25, 0.3) is 5.91 Å². The van der Waals surface area contributed by atoms with Gasteiger partial charge >= 0.3 is 0 Å². The van der Waals surface area contributed by atoms with Gasteiger partial charge < -0.3 is 9.47 Å². The Hall–Kier alpha value is -2.93. The van der Waals surface area contributed by atoms with Crippen LogP contribution in [0.25, 0.3) is 11.3 Å². The number of carbonyl (C=O) groups is 1. The fraction of sp³-hybridized carbons (Fsp3) is 0.238. The van der Waals surface area contributed by atoms with Gasteiger partial charge in [0.2, 0.25) is 10.0 Å². The van der Waals surface area contributed by atoms with Crippen LogP contribution in [0, 0.1) is 11.6 Å². The second-order valence-corrected chi connectivity index (χ2v) is 9.79. The number of hydrogen-bond acceptors (Lipinski definition) is 7. The maximum absolute atomic E-state index is 13.4. The van der Waals surface area contributed by atoms with Crippen molar-refractivity contribution < 1.29 is 31.5 Å². The lowest BCUT2D eigenvalue weighted by Gasteiger charge is -2.26. The van der Waals surface area contributed by atoms with E-state index in [1.165, 1.54) is 34.6 Å². The Morgan fingerprint density at radius 3 is 2.55 bits per heavy atom. The molecule has 1 fully saturated rings. The molecule has 0 spiro atoms. The molecule has 0 radical (unpaired) electrons. The van der Waals surface area contributed by atoms with Gasteiger partial charge in [-0.1, -0.05) is 0 Å². The number of benzene rings is 2. The van der Waals surface area contributed by atoms with Crippen LogP contribution >= 0.6 is 11.3 Å². The molecule has 33 heavy (non-hydrogen) atoms. The fourth-order valence-corrected chi connectivity index (χ4v) is 5.21. The number of carbonyl (C=O) groups excluding carboxylic acids is 1. The molecule has 0 aliphatic carbocycles. The first-order valence-corrected chi connectivity index (χ1v) is 12.2. The number of amides is 1. The molecular formula is C21H19F2N3O5S2. The molecule has 1 aliphatic heterocycles. The van der Waals surface area contributed by atoms with Crippen LogP contribution in [0.15, 0.2) is 52.7 Å². The summed E-state index contributed by atoms with van der Waals surface area (Å²) < 4.78 is 63.7. The van der Waals surface area contributed by atoms with E-state index in [1.54, 1.807) is 5.38 Å². The van der Waals surface area contributed by atoms with Gasteiger partial charge in [0, 0.05) is 24.0 Å². The molecule has 174 valence electrons. The van der Waals surface area contributed by atoms with E-state index in [1.807, 2.05) is 0 Å². The van der Waals surface area contributed by atoms with Gasteiger partial charge in [-0.25, -0.2) is 22.2 Å². The lowest BCUT2D eigenvalue weighted by Crippen LogP contribution is -2.40. The number of thiazole rings is 1. The highest BCUT2D eigenvalue weighted by Gasteiger charge is 2.26. The number of rotatable bonds is 7. The number of aromatic nitrogens is 1. The number of ether oxygens (including phenoxy) is 2. The van der Waals surface area contributed by atoms with E-state index >= 15 is 0 Å². The van der Waals surface area contributed by atoms with E-state index in [0.29, 0.717) is 43.3 Å². The zero-order valence-electron chi connectivity index (χ0n) is 17.2. The zero-order valence-corrected chi connectivity index (χ0v) is 18.8. The van der Waals surface area contributed by atoms with Crippen molar-refractivity contribution in [2.45, 2.75) is 4.90 Å². The van der Waals surface area contributed by atoms with E-state index in [-0.39, 0.29) is 16.6 Å². The lowest BCUT2D eigenvalue weighted by atomic mass is 10.2. The second-order valence-electron chi connectivity index (χ2n) is 6.99. The van der Waals surface area contributed by atoms with Crippen molar-refractivity contribution in [3.63, 3.8) is 0 Å². The first kappa shape index (κ1) is 23.2. The Morgan fingerprint density at radius 1 is 1.12 bits per heavy atom. The number of morpholine rings is 1. The molecule has 1 saturated heterocycles. The smallest absolute Gasteiger partial charge is 0.264 e. The summed E-state index contributed by atoms with van der Waals surface area (Å²) >= 11 is 1.13. The summed E-state index contributed by atoms with van der Waals surface area (Å²) in [7, 11) is -3.61. The Labute approximate surface area is 192 Å². The van der Waals surface area contributed by atoms with Gasteiger partial charge in [-0.2, -0.15) is 4.31 Å². The molecule has 1 aliphatic rings. The van der Waals surface area contributed by atoms with Crippen LogP contribution < -0.4 is 10.1 Å². The Kier molecular flexibility index (Phi) is 6.98. The maximum Gasteiger partial charge on any atom is 0.264 e. The average Bonchev–Trinajstić information content (AvgIpc) is 3.29. The summed E-state index contributed by atoms with van der Waals surface area (Å²) in [6.07, 6.45) is 0. The quantitative estimate of drug-likeness (QED) is 0.541. The standard InChI is InChI=1S/C21H19F2N3O5S2/c22-17-6-1-14(11-18(17)23)19-13-32-21(24-19)25-20(27)12-31-15-2-4-16(5-3-15)33(28,29)26-7-9-30-10-8-26/h1-6,11,13H,7-10,12H2,(H,24,25,27). The molecule has 0 unspecified atom stereocenters. The van der Waals surface area contributed by atoms with Gasteiger partial charge in [0.1, 0.15) is 5.75 Å². The summed E-state index contributed by atoms with van der Waals surface area (Å²) in [6.45, 7) is 0.994. The summed E-state index contributed by atoms with van der Waals surface area (Å²) in [4.78, 5) is 16.5. The van der Waals surface area contributed by atoms with Crippen molar-refractivity contribution in [1.29, 1.82) is 0 Å².